The van der Waals surface area contributed by atoms with Crippen molar-refractivity contribution in [2.24, 2.45) is 0 Å². The lowest BCUT2D eigenvalue weighted by Gasteiger charge is -2.33. The minimum absolute atomic E-state index is 0.0424. The molecule has 1 aliphatic carbocycles. The third-order valence-corrected chi connectivity index (χ3v) is 7.24. The van der Waals surface area contributed by atoms with Crippen molar-refractivity contribution in [3.8, 4) is 17.2 Å². The van der Waals surface area contributed by atoms with Gasteiger partial charge < -0.3 is 14.1 Å². The van der Waals surface area contributed by atoms with Crippen molar-refractivity contribution < 1.29 is 23.5 Å². The Kier molecular flexibility index (Phi) is 6.37. The number of carbonyl (C=O) groups excluding carboxylic acids is 3. The van der Waals surface area contributed by atoms with Crippen molar-refractivity contribution in [1.82, 2.24) is 9.88 Å². The van der Waals surface area contributed by atoms with Crippen molar-refractivity contribution in [3.05, 3.63) is 78.9 Å². The van der Waals surface area contributed by atoms with Crippen LogP contribution in [0.5, 0.6) is 5.75 Å². The Hall–Kier alpha value is -4.46. The van der Waals surface area contributed by atoms with E-state index in [4.69, 9.17) is 9.15 Å². The molecule has 4 aromatic rings. The molecule has 2 heterocycles. The second-order valence-corrected chi connectivity index (χ2v) is 9.66. The fraction of sp³-hybridized carbons (Fsp3) is 0.267. The van der Waals surface area contributed by atoms with Crippen LogP contribution in [-0.4, -0.2) is 46.3 Å². The van der Waals surface area contributed by atoms with Crippen LogP contribution >= 0.6 is 0 Å². The fourth-order valence-electron chi connectivity index (χ4n) is 5.40. The van der Waals surface area contributed by atoms with Gasteiger partial charge in [0.25, 0.3) is 11.8 Å². The summed E-state index contributed by atoms with van der Waals surface area (Å²) in [6.45, 7) is -0.183. The monoisotopic (exact) mass is 509 g/mol. The number of benzene rings is 3. The number of nitrogens with zero attached hydrogens (tertiary/aromatic N) is 3. The summed E-state index contributed by atoms with van der Waals surface area (Å²) >= 11 is 0. The smallest absolute Gasteiger partial charge is 0.261 e. The first kappa shape index (κ1) is 23.9. The Bertz CT molecular complexity index is 1440. The van der Waals surface area contributed by atoms with Crippen molar-refractivity contribution in [1.29, 1.82) is 0 Å². The van der Waals surface area contributed by atoms with Crippen molar-refractivity contribution in [3.63, 3.8) is 0 Å². The number of rotatable bonds is 7. The van der Waals surface area contributed by atoms with Crippen LogP contribution in [0.15, 0.2) is 83.3 Å². The van der Waals surface area contributed by atoms with Crippen LogP contribution < -0.4 is 9.64 Å². The third kappa shape index (κ3) is 4.53. The van der Waals surface area contributed by atoms with Crippen LogP contribution in [0.3, 0.4) is 0 Å². The van der Waals surface area contributed by atoms with Gasteiger partial charge in [-0.3, -0.25) is 14.4 Å². The van der Waals surface area contributed by atoms with Gasteiger partial charge in [-0.25, -0.2) is 9.88 Å². The molecular formula is C30H27N3O5. The Morgan fingerprint density at radius 2 is 1.66 bits per heavy atom. The van der Waals surface area contributed by atoms with Gasteiger partial charge >= 0.3 is 0 Å². The largest absolute Gasteiger partial charge is 0.484 e. The van der Waals surface area contributed by atoms with Crippen LogP contribution in [-0.2, 0) is 14.4 Å². The highest BCUT2D eigenvalue weighted by Crippen LogP contribution is 2.33. The maximum Gasteiger partial charge on any atom is 0.261 e. The fourth-order valence-corrected chi connectivity index (χ4v) is 5.40. The van der Waals surface area contributed by atoms with Gasteiger partial charge in [-0.15, -0.1) is 0 Å². The first-order chi connectivity index (χ1) is 18.6. The third-order valence-electron chi connectivity index (χ3n) is 7.24. The highest BCUT2D eigenvalue weighted by Gasteiger charge is 2.46. The number of imide groups is 1. The van der Waals surface area contributed by atoms with Crippen LogP contribution in [0.25, 0.3) is 22.6 Å². The summed E-state index contributed by atoms with van der Waals surface area (Å²) in [5, 5.41) is 0. The minimum Gasteiger partial charge on any atom is -0.484 e. The first-order valence-corrected chi connectivity index (χ1v) is 12.9. The maximum atomic E-state index is 13.6. The van der Waals surface area contributed by atoms with E-state index in [1.54, 1.807) is 41.3 Å². The Labute approximate surface area is 219 Å². The van der Waals surface area contributed by atoms with E-state index in [1.807, 2.05) is 42.5 Å². The number of hydrogen-bond acceptors (Lipinski definition) is 6. The predicted octanol–water partition coefficient (Wildman–Crippen LogP) is 4.98. The molecule has 0 spiro atoms. The molecule has 192 valence electrons. The van der Waals surface area contributed by atoms with Gasteiger partial charge in [0.2, 0.25) is 11.8 Å². The molecule has 1 saturated heterocycles. The standard InChI is InChI=1S/C30H27N3O5/c34-27-18-25(32(21-8-4-5-9-21)28(35)19-37-23-10-2-1-3-11-23)30(36)33(27)22-16-14-20(15-17-22)29-31-24-12-6-7-13-26(24)38-29/h1-3,6-7,10-17,21,25H,4-5,8-9,18-19H2. The van der Waals surface area contributed by atoms with E-state index in [0.29, 0.717) is 22.9 Å². The normalized spacial score (nSPS) is 17.9. The van der Waals surface area contributed by atoms with Crippen LogP contribution in [0.4, 0.5) is 5.69 Å². The number of hydrogen-bond donors (Lipinski definition) is 0. The number of fused-ring (bicyclic) bond motifs is 1. The van der Waals surface area contributed by atoms with E-state index in [-0.39, 0.29) is 36.8 Å². The second kappa shape index (κ2) is 10.1. The second-order valence-electron chi connectivity index (χ2n) is 9.66. The molecule has 8 nitrogen and oxygen atoms in total. The van der Waals surface area contributed by atoms with Gasteiger partial charge in [0.15, 0.2) is 12.2 Å². The molecule has 1 unspecified atom stereocenters. The predicted molar refractivity (Wildman–Crippen MR) is 141 cm³/mol. The van der Waals surface area contributed by atoms with Gasteiger partial charge in [-0.1, -0.05) is 43.2 Å². The van der Waals surface area contributed by atoms with Crippen molar-refractivity contribution in [2.45, 2.75) is 44.2 Å². The van der Waals surface area contributed by atoms with Gasteiger partial charge in [0.1, 0.15) is 17.3 Å². The Morgan fingerprint density at radius 3 is 2.39 bits per heavy atom. The molecule has 38 heavy (non-hydrogen) atoms. The molecule has 1 aliphatic heterocycles. The number of amides is 3. The molecule has 2 fully saturated rings. The summed E-state index contributed by atoms with van der Waals surface area (Å²) in [4.78, 5) is 47.4. The lowest BCUT2D eigenvalue weighted by molar-refractivity contribution is -0.142. The van der Waals surface area contributed by atoms with E-state index >= 15 is 0 Å². The Balaban J connectivity index is 1.21. The average molecular weight is 510 g/mol. The molecule has 1 saturated carbocycles. The first-order valence-electron chi connectivity index (χ1n) is 12.9. The lowest BCUT2D eigenvalue weighted by Crippen LogP contribution is -2.51. The zero-order chi connectivity index (χ0) is 26.1. The summed E-state index contributed by atoms with van der Waals surface area (Å²) in [5.41, 5.74) is 2.64. The number of para-hydroxylation sites is 3. The van der Waals surface area contributed by atoms with Gasteiger partial charge in [-0.2, -0.15) is 0 Å². The zero-order valence-electron chi connectivity index (χ0n) is 20.8. The number of carbonyl (C=O) groups is 3. The quantitative estimate of drug-likeness (QED) is 0.327. The van der Waals surface area contributed by atoms with Crippen LogP contribution in [0.2, 0.25) is 0 Å². The summed E-state index contributed by atoms with van der Waals surface area (Å²) in [5.74, 6) is 0.0619. The SMILES string of the molecule is O=C1CC(N(C(=O)COc2ccccc2)C2CCCC2)C(=O)N1c1ccc(-c2nc3ccccc3o2)cc1. The van der Waals surface area contributed by atoms with E-state index in [2.05, 4.69) is 4.98 Å². The number of aromatic nitrogens is 1. The molecule has 1 atom stereocenters. The number of ether oxygens (including phenoxy) is 1. The van der Waals surface area contributed by atoms with E-state index in [1.165, 1.54) is 4.90 Å². The molecule has 3 amide bonds. The van der Waals surface area contributed by atoms with E-state index in [9.17, 15) is 14.4 Å². The topological polar surface area (TPSA) is 93.0 Å². The minimum atomic E-state index is -0.839. The highest BCUT2D eigenvalue weighted by molar-refractivity contribution is 6.23. The number of anilines is 1. The highest BCUT2D eigenvalue weighted by atomic mass is 16.5. The summed E-state index contributed by atoms with van der Waals surface area (Å²) < 4.78 is 11.5. The average Bonchev–Trinajstić information content (AvgIpc) is 3.68. The summed E-state index contributed by atoms with van der Waals surface area (Å²) in [6.07, 6.45) is 3.56. The maximum absolute atomic E-state index is 13.6. The molecule has 0 radical (unpaired) electrons. The van der Waals surface area contributed by atoms with Gasteiger partial charge in [-0.05, 0) is 61.4 Å². The van der Waals surface area contributed by atoms with Gasteiger partial charge in [0, 0.05) is 11.6 Å². The Morgan fingerprint density at radius 1 is 0.947 bits per heavy atom. The van der Waals surface area contributed by atoms with Crippen LogP contribution in [0.1, 0.15) is 32.1 Å². The summed E-state index contributed by atoms with van der Waals surface area (Å²) in [7, 11) is 0. The van der Waals surface area contributed by atoms with E-state index < -0.39 is 6.04 Å². The molecular weight excluding hydrogens is 482 g/mol. The number of oxazole rings is 1. The van der Waals surface area contributed by atoms with E-state index in [0.717, 1.165) is 36.8 Å². The molecule has 2 aliphatic rings. The molecule has 6 rings (SSSR count). The van der Waals surface area contributed by atoms with Crippen molar-refractivity contribution in [2.75, 3.05) is 11.5 Å². The lowest BCUT2D eigenvalue weighted by atomic mass is 10.1. The molecule has 3 aromatic carbocycles. The molecule has 0 N–H and O–H groups in total. The van der Waals surface area contributed by atoms with Crippen LogP contribution in [0, 0.1) is 0 Å². The molecule has 0 bridgehead atoms. The summed E-state index contributed by atoms with van der Waals surface area (Å²) in [6, 6.07) is 22.7. The zero-order valence-corrected chi connectivity index (χ0v) is 20.8. The molecule has 8 heteroatoms. The van der Waals surface area contributed by atoms with Crippen molar-refractivity contribution >= 4 is 34.5 Å². The molecule has 1 aromatic heterocycles. The van der Waals surface area contributed by atoms with Gasteiger partial charge in [0.05, 0.1) is 12.1 Å².